The molecule has 8 aromatic carbocycles. The molecule has 0 atom stereocenters. The Morgan fingerprint density at radius 2 is 0.391 bits per heavy atom. The van der Waals surface area contributed by atoms with Crippen LogP contribution in [0.25, 0.3) is 76.8 Å². The second-order valence-electron chi connectivity index (χ2n) is 14.7. The van der Waals surface area contributed by atoms with E-state index in [2.05, 4.69) is 36.4 Å². The van der Waals surface area contributed by atoms with Crippen LogP contribution < -0.4 is 56.8 Å². The third-order valence-corrected chi connectivity index (χ3v) is 11.8. The maximum atomic E-state index is 5.89. The average molecular weight is 867 g/mol. The lowest BCUT2D eigenvalue weighted by molar-refractivity contribution is 0.324. The molecule has 0 aliphatic rings. The van der Waals surface area contributed by atoms with Gasteiger partial charge in [-0.3, -0.25) is 0 Å². The molecular formula is C52H50O12. The molecule has 0 fully saturated rings. The van der Waals surface area contributed by atoms with Crippen LogP contribution in [0.5, 0.6) is 69.0 Å². The minimum absolute atomic E-state index is 0.487. The van der Waals surface area contributed by atoms with Crippen LogP contribution in [0.2, 0.25) is 0 Å². The first-order valence-corrected chi connectivity index (χ1v) is 20.2. The van der Waals surface area contributed by atoms with E-state index in [4.69, 9.17) is 56.8 Å². The molecule has 0 aliphatic carbocycles. The first-order chi connectivity index (χ1) is 31.2. The Kier molecular flexibility index (Phi) is 11.9. The van der Waals surface area contributed by atoms with Crippen molar-refractivity contribution in [2.24, 2.45) is 0 Å². The van der Waals surface area contributed by atoms with Gasteiger partial charge in [0.25, 0.3) is 0 Å². The Morgan fingerprint density at radius 1 is 0.219 bits per heavy atom. The van der Waals surface area contributed by atoms with Gasteiger partial charge in [0.2, 0.25) is 23.0 Å². The van der Waals surface area contributed by atoms with Gasteiger partial charge >= 0.3 is 0 Å². The van der Waals surface area contributed by atoms with E-state index in [0.29, 0.717) is 69.0 Å². The van der Waals surface area contributed by atoms with E-state index in [9.17, 15) is 0 Å². The van der Waals surface area contributed by atoms with Crippen LogP contribution in [-0.2, 0) is 0 Å². The summed E-state index contributed by atoms with van der Waals surface area (Å²) in [7, 11) is 19.3. The fraction of sp³-hybridized carbons (Fsp3) is 0.231. The van der Waals surface area contributed by atoms with Gasteiger partial charge in [-0.1, -0.05) is 24.3 Å². The zero-order valence-electron chi connectivity index (χ0n) is 38.0. The fourth-order valence-corrected chi connectivity index (χ4v) is 8.89. The minimum Gasteiger partial charge on any atom is -0.493 e. The van der Waals surface area contributed by atoms with Gasteiger partial charge in [-0.05, 0) is 137 Å². The number of methoxy groups -OCH3 is 12. The van der Waals surface area contributed by atoms with Crippen LogP contribution >= 0.6 is 0 Å². The molecule has 0 saturated carbocycles. The van der Waals surface area contributed by atoms with Crippen molar-refractivity contribution in [2.45, 2.75) is 0 Å². The molecule has 0 amide bonds. The summed E-state index contributed by atoms with van der Waals surface area (Å²) < 4.78 is 70.2. The summed E-state index contributed by atoms with van der Waals surface area (Å²) in [6.45, 7) is 0. The van der Waals surface area contributed by atoms with Gasteiger partial charge in [-0.2, -0.15) is 0 Å². The van der Waals surface area contributed by atoms with Crippen LogP contribution in [0.4, 0.5) is 0 Å². The normalized spacial score (nSPS) is 11.1. The van der Waals surface area contributed by atoms with Gasteiger partial charge in [0.1, 0.15) is 0 Å². The lowest BCUT2D eigenvalue weighted by atomic mass is 9.81. The molecule has 0 radical (unpaired) electrons. The van der Waals surface area contributed by atoms with Crippen LogP contribution in [0.15, 0.2) is 84.9 Å². The van der Waals surface area contributed by atoms with Crippen LogP contribution in [-0.4, -0.2) is 85.3 Å². The highest BCUT2D eigenvalue weighted by atomic mass is 16.5. The Bertz CT molecular complexity index is 2550. The summed E-state index contributed by atoms with van der Waals surface area (Å²) in [4.78, 5) is 0. The molecule has 0 aromatic heterocycles. The van der Waals surface area contributed by atoms with Crippen molar-refractivity contribution in [3.63, 3.8) is 0 Å². The van der Waals surface area contributed by atoms with Crippen molar-refractivity contribution >= 4 is 32.3 Å². The molecule has 0 unspecified atom stereocenters. The van der Waals surface area contributed by atoms with Gasteiger partial charge in [0.15, 0.2) is 46.0 Å². The molecule has 0 N–H and O–H groups in total. The molecule has 8 aromatic rings. The average Bonchev–Trinajstić information content (AvgIpc) is 3.35. The Hall–Kier alpha value is -7.60. The molecule has 0 aliphatic heterocycles. The van der Waals surface area contributed by atoms with Crippen molar-refractivity contribution in [2.75, 3.05) is 85.3 Å². The standard InChI is InChI=1S/C52H50O12/c1-53-39-17-27(18-40(54-2)49(39)61-9)35-25-36(28-19-41(55-3)50(62-10)42(20-28)56-4)32-15-16-34-38(30-23-45(59-7)52(64-12)46(24-30)60-8)26-37(33-14-13-31(35)47(32)48(33)34)29-21-43(57-5)51(63-11)44(22-29)58-6/h13-26H,1-12H3. The highest BCUT2D eigenvalue weighted by Gasteiger charge is 2.26. The van der Waals surface area contributed by atoms with Gasteiger partial charge in [0.05, 0.1) is 85.3 Å². The van der Waals surface area contributed by atoms with E-state index in [-0.39, 0.29) is 0 Å². The lowest BCUT2D eigenvalue weighted by Crippen LogP contribution is -1.99. The Balaban J connectivity index is 1.61. The largest absolute Gasteiger partial charge is 0.493 e. The summed E-state index contributed by atoms with van der Waals surface area (Å²) in [5.41, 5.74) is 7.03. The number of hydrogen-bond acceptors (Lipinski definition) is 12. The summed E-state index contributed by atoms with van der Waals surface area (Å²) in [5, 5.41) is 5.95. The Labute approximate surface area is 371 Å². The monoisotopic (exact) mass is 866 g/mol. The van der Waals surface area contributed by atoms with Crippen LogP contribution in [0.3, 0.4) is 0 Å². The molecule has 0 spiro atoms. The van der Waals surface area contributed by atoms with E-state index < -0.39 is 0 Å². The van der Waals surface area contributed by atoms with E-state index in [0.717, 1.165) is 76.8 Å². The van der Waals surface area contributed by atoms with Crippen molar-refractivity contribution in [1.82, 2.24) is 0 Å². The van der Waals surface area contributed by atoms with E-state index in [1.54, 1.807) is 85.3 Å². The van der Waals surface area contributed by atoms with Crippen molar-refractivity contribution in [3.8, 4) is 114 Å². The van der Waals surface area contributed by atoms with Gasteiger partial charge in [-0.25, -0.2) is 0 Å². The zero-order valence-corrected chi connectivity index (χ0v) is 38.0. The molecule has 8 rings (SSSR count). The summed E-state index contributed by atoms with van der Waals surface area (Å²) in [5.74, 6) is 6.11. The molecule has 0 heterocycles. The maximum absolute atomic E-state index is 5.89. The smallest absolute Gasteiger partial charge is 0.203 e. The molecular weight excluding hydrogens is 817 g/mol. The van der Waals surface area contributed by atoms with E-state index in [1.165, 1.54) is 0 Å². The predicted molar refractivity (Wildman–Crippen MR) is 251 cm³/mol. The van der Waals surface area contributed by atoms with Crippen molar-refractivity contribution < 1.29 is 56.8 Å². The summed E-state index contributed by atoms with van der Waals surface area (Å²) in [6.07, 6.45) is 0. The number of rotatable bonds is 16. The number of hydrogen-bond donors (Lipinski definition) is 0. The van der Waals surface area contributed by atoms with Gasteiger partial charge in [-0.15, -0.1) is 0 Å². The molecule has 12 heteroatoms. The van der Waals surface area contributed by atoms with Crippen LogP contribution in [0.1, 0.15) is 0 Å². The number of benzene rings is 8. The predicted octanol–water partition coefficient (Wildman–Crippen LogP) is 11.4. The first kappa shape index (κ1) is 43.1. The zero-order chi connectivity index (χ0) is 45.4. The molecule has 0 bridgehead atoms. The van der Waals surface area contributed by atoms with Gasteiger partial charge < -0.3 is 56.8 Å². The van der Waals surface area contributed by atoms with Gasteiger partial charge in [0, 0.05) is 0 Å². The first-order valence-electron chi connectivity index (χ1n) is 20.2. The maximum Gasteiger partial charge on any atom is 0.203 e. The SMILES string of the molecule is COc1cc(-c2cc(-c3cc(OC)c(OC)c(OC)c3)c3ccc4c(-c5cc(OC)c(OC)c(OC)c5)cc(-c5cc(OC)c(OC)c(OC)c5)c5ccc2c3c54)cc(OC)c1OC. The highest BCUT2D eigenvalue weighted by molar-refractivity contribution is 6.32. The Morgan fingerprint density at radius 3 is 0.531 bits per heavy atom. The second-order valence-corrected chi connectivity index (χ2v) is 14.7. The molecule has 330 valence electrons. The third-order valence-electron chi connectivity index (χ3n) is 11.8. The molecule has 12 nitrogen and oxygen atoms in total. The molecule has 0 saturated heterocycles. The summed E-state index contributed by atoms with van der Waals surface area (Å²) in [6, 6.07) is 28.8. The lowest BCUT2D eigenvalue weighted by Gasteiger charge is -2.23. The van der Waals surface area contributed by atoms with E-state index in [1.807, 2.05) is 48.5 Å². The summed E-state index contributed by atoms with van der Waals surface area (Å²) >= 11 is 0. The third kappa shape index (κ3) is 6.86. The fourth-order valence-electron chi connectivity index (χ4n) is 8.89. The van der Waals surface area contributed by atoms with Crippen molar-refractivity contribution in [1.29, 1.82) is 0 Å². The second kappa shape index (κ2) is 17.6. The highest BCUT2D eigenvalue weighted by Crippen LogP contribution is 2.53. The number of ether oxygens (including phenoxy) is 12. The topological polar surface area (TPSA) is 111 Å². The van der Waals surface area contributed by atoms with Crippen molar-refractivity contribution in [3.05, 3.63) is 84.9 Å². The van der Waals surface area contributed by atoms with Crippen LogP contribution in [0, 0.1) is 0 Å². The minimum atomic E-state index is 0.487. The molecule has 64 heavy (non-hydrogen) atoms. The van der Waals surface area contributed by atoms with E-state index >= 15 is 0 Å². The quantitative estimate of drug-likeness (QED) is 0.0862.